The molecule has 1 nitrogen and oxygen atoms in total. The fourth-order valence-electron chi connectivity index (χ4n) is 1.61. The molecule has 0 saturated carbocycles. The van der Waals surface area contributed by atoms with Crippen molar-refractivity contribution in [3.63, 3.8) is 0 Å². The monoisotopic (exact) mass is 341 g/mol. The maximum absolute atomic E-state index is 5.97. The third-order valence-electron chi connectivity index (χ3n) is 2.49. The van der Waals surface area contributed by atoms with Crippen LogP contribution in [0.3, 0.4) is 0 Å². The van der Waals surface area contributed by atoms with Gasteiger partial charge in [-0.2, -0.15) is 0 Å². The van der Waals surface area contributed by atoms with Crippen molar-refractivity contribution in [2.45, 2.75) is 22.8 Å². The van der Waals surface area contributed by atoms with E-state index >= 15 is 0 Å². The highest BCUT2D eigenvalue weighted by Gasteiger charge is 2.06. The Morgan fingerprint density at radius 3 is 2.50 bits per heavy atom. The molecule has 0 radical (unpaired) electrons. The molecular formula is C14H13BrClNS. The molecule has 0 aliphatic carbocycles. The molecule has 2 aromatic rings. The van der Waals surface area contributed by atoms with E-state index in [1.165, 1.54) is 0 Å². The zero-order valence-electron chi connectivity index (χ0n) is 9.86. The fraction of sp³-hybridized carbons (Fsp3) is 0.143. The Morgan fingerprint density at radius 2 is 1.89 bits per heavy atom. The van der Waals surface area contributed by atoms with Crippen molar-refractivity contribution in [1.82, 2.24) is 0 Å². The summed E-state index contributed by atoms with van der Waals surface area (Å²) in [6, 6.07) is 14.1. The Kier molecular flexibility index (Phi) is 4.73. The van der Waals surface area contributed by atoms with Crippen LogP contribution in [-0.4, -0.2) is 0 Å². The van der Waals surface area contributed by atoms with Gasteiger partial charge in [0, 0.05) is 25.3 Å². The van der Waals surface area contributed by atoms with Crippen LogP contribution in [0.4, 0.5) is 0 Å². The second-order valence-electron chi connectivity index (χ2n) is 4.03. The highest BCUT2D eigenvalue weighted by atomic mass is 79.9. The molecule has 0 spiro atoms. The molecule has 0 bridgehead atoms. The van der Waals surface area contributed by atoms with E-state index in [1.807, 2.05) is 31.2 Å². The molecule has 4 heteroatoms. The van der Waals surface area contributed by atoms with Gasteiger partial charge in [-0.05, 0) is 42.8 Å². The summed E-state index contributed by atoms with van der Waals surface area (Å²) in [5.74, 6) is 0. The van der Waals surface area contributed by atoms with Gasteiger partial charge in [0.2, 0.25) is 0 Å². The zero-order valence-corrected chi connectivity index (χ0v) is 13.0. The van der Waals surface area contributed by atoms with Crippen LogP contribution in [0.5, 0.6) is 0 Å². The molecule has 0 aromatic heterocycles. The van der Waals surface area contributed by atoms with Crippen LogP contribution >= 0.6 is 39.3 Å². The van der Waals surface area contributed by atoms with Crippen LogP contribution in [0.25, 0.3) is 0 Å². The maximum atomic E-state index is 5.97. The van der Waals surface area contributed by atoms with Crippen LogP contribution in [0, 0.1) is 0 Å². The summed E-state index contributed by atoms with van der Waals surface area (Å²) >= 11 is 11.2. The summed E-state index contributed by atoms with van der Waals surface area (Å²) in [4.78, 5) is 2.29. The minimum Gasteiger partial charge on any atom is -0.324 e. The van der Waals surface area contributed by atoms with Crippen LogP contribution in [0.2, 0.25) is 5.02 Å². The molecule has 94 valence electrons. The summed E-state index contributed by atoms with van der Waals surface area (Å²) in [6.07, 6.45) is 0. The number of nitrogens with two attached hydrogens (primary N) is 1. The van der Waals surface area contributed by atoms with E-state index in [9.17, 15) is 0 Å². The van der Waals surface area contributed by atoms with Crippen LogP contribution in [-0.2, 0) is 0 Å². The Labute approximate surface area is 125 Å². The fourth-order valence-corrected chi connectivity index (χ4v) is 3.67. The standard InChI is InChI=1S/C14H13BrClNS/c1-9(17)13-6-5-12(8-14(13)15)18-11-4-2-3-10(16)7-11/h2-9H,17H2,1H3/t9-/m1/s1. The van der Waals surface area contributed by atoms with Crippen molar-refractivity contribution in [3.8, 4) is 0 Å². The normalized spacial score (nSPS) is 12.4. The predicted molar refractivity (Wildman–Crippen MR) is 82.3 cm³/mol. The number of hydrogen-bond acceptors (Lipinski definition) is 2. The quantitative estimate of drug-likeness (QED) is 0.822. The van der Waals surface area contributed by atoms with E-state index in [0.29, 0.717) is 0 Å². The molecule has 2 rings (SSSR count). The van der Waals surface area contributed by atoms with Crippen molar-refractivity contribution < 1.29 is 0 Å². The molecule has 2 aromatic carbocycles. The molecule has 0 fully saturated rings. The van der Waals surface area contributed by atoms with E-state index in [1.54, 1.807) is 11.8 Å². The number of hydrogen-bond donors (Lipinski definition) is 1. The molecule has 0 saturated heterocycles. The van der Waals surface area contributed by atoms with E-state index < -0.39 is 0 Å². The number of halogens is 2. The van der Waals surface area contributed by atoms with Gasteiger partial charge in [0.25, 0.3) is 0 Å². The van der Waals surface area contributed by atoms with Crippen LogP contribution < -0.4 is 5.73 Å². The first-order valence-corrected chi connectivity index (χ1v) is 7.53. The van der Waals surface area contributed by atoms with Gasteiger partial charge < -0.3 is 5.73 Å². The molecule has 18 heavy (non-hydrogen) atoms. The third-order valence-corrected chi connectivity index (χ3v) is 4.40. The lowest BCUT2D eigenvalue weighted by molar-refractivity contribution is 0.811. The van der Waals surface area contributed by atoms with Crippen molar-refractivity contribution in [2.24, 2.45) is 5.73 Å². The van der Waals surface area contributed by atoms with Gasteiger partial charge in [-0.1, -0.05) is 51.4 Å². The maximum Gasteiger partial charge on any atom is 0.0417 e. The molecule has 0 amide bonds. The second-order valence-corrected chi connectivity index (χ2v) is 6.47. The molecule has 2 N–H and O–H groups in total. The second kappa shape index (κ2) is 6.11. The SMILES string of the molecule is C[C@@H](N)c1ccc(Sc2cccc(Cl)c2)cc1Br. The van der Waals surface area contributed by atoms with E-state index in [-0.39, 0.29) is 6.04 Å². The van der Waals surface area contributed by atoms with Crippen LogP contribution in [0.15, 0.2) is 56.7 Å². The van der Waals surface area contributed by atoms with E-state index in [0.717, 1.165) is 24.8 Å². The number of rotatable bonds is 3. The van der Waals surface area contributed by atoms with E-state index in [4.69, 9.17) is 17.3 Å². The molecule has 0 aliphatic rings. The lowest BCUT2D eigenvalue weighted by atomic mass is 10.1. The van der Waals surface area contributed by atoms with Gasteiger partial charge in [0.15, 0.2) is 0 Å². The Morgan fingerprint density at radius 1 is 1.17 bits per heavy atom. The van der Waals surface area contributed by atoms with Gasteiger partial charge in [0.05, 0.1) is 0 Å². The van der Waals surface area contributed by atoms with Gasteiger partial charge in [-0.25, -0.2) is 0 Å². The minimum atomic E-state index is 0.0320. The summed E-state index contributed by atoms with van der Waals surface area (Å²) in [6.45, 7) is 1.98. The summed E-state index contributed by atoms with van der Waals surface area (Å²) < 4.78 is 1.05. The summed E-state index contributed by atoms with van der Waals surface area (Å²) in [5, 5.41) is 0.756. The average Bonchev–Trinajstić information content (AvgIpc) is 2.28. The first kappa shape index (κ1) is 13.9. The highest BCUT2D eigenvalue weighted by Crippen LogP contribution is 2.33. The molecular weight excluding hydrogens is 330 g/mol. The zero-order chi connectivity index (χ0) is 13.1. The first-order chi connectivity index (χ1) is 8.56. The average molecular weight is 343 g/mol. The first-order valence-electron chi connectivity index (χ1n) is 5.54. The lowest BCUT2D eigenvalue weighted by Crippen LogP contribution is -2.05. The smallest absolute Gasteiger partial charge is 0.0417 e. The number of benzene rings is 2. The largest absolute Gasteiger partial charge is 0.324 e. The molecule has 0 aliphatic heterocycles. The summed E-state index contributed by atoms with van der Waals surface area (Å²) in [7, 11) is 0. The van der Waals surface area contributed by atoms with Gasteiger partial charge in [0.1, 0.15) is 0 Å². The topological polar surface area (TPSA) is 26.0 Å². The molecule has 1 atom stereocenters. The Hall–Kier alpha value is -0.480. The Bertz CT molecular complexity index is 557. The minimum absolute atomic E-state index is 0.0320. The van der Waals surface area contributed by atoms with Gasteiger partial charge >= 0.3 is 0 Å². The predicted octanol–water partition coefficient (Wildman–Crippen LogP) is 5.27. The molecule has 0 heterocycles. The highest BCUT2D eigenvalue weighted by molar-refractivity contribution is 9.10. The molecule has 0 unspecified atom stereocenters. The Balaban J connectivity index is 2.23. The van der Waals surface area contributed by atoms with Gasteiger partial charge in [-0.3, -0.25) is 0 Å². The van der Waals surface area contributed by atoms with Crippen molar-refractivity contribution in [3.05, 3.63) is 57.5 Å². The lowest BCUT2D eigenvalue weighted by Gasteiger charge is -2.10. The van der Waals surface area contributed by atoms with Crippen molar-refractivity contribution in [2.75, 3.05) is 0 Å². The van der Waals surface area contributed by atoms with Crippen molar-refractivity contribution >= 4 is 39.3 Å². The van der Waals surface area contributed by atoms with Gasteiger partial charge in [-0.15, -0.1) is 0 Å². The third kappa shape index (κ3) is 3.51. The van der Waals surface area contributed by atoms with E-state index in [2.05, 4.69) is 34.1 Å². The van der Waals surface area contributed by atoms with Crippen LogP contribution in [0.1, 0.15) is 18.5 Å². The summed E-state index contributed by atoms with van der Waals surface area (Å²) in [5.41, 5.74) is 7.00. The van der Waals surface area contributed by atoms with Crippen molar-refractivity contribution in [1.29, 1.82) is 0 Å².